The normalized spacial score (nSPS) is 18.1. The van der Waals surface area contributed by atoms with Crippen LogP contribution >= 0.6 is 0 Å². The van der Waals surface area contributed by atoms with E-state index >= 15 is 0 Å². The minimum absolute atomic E-state index is 0.00126. The van der Waals surface area contributed by atoms with Gasteiger partial charge in [-0.25, -0.2) is 4.98 Å². The van der Waals surface area contributed by atoms with E-state index in [4.69, 9.17) is 9.84 Å². The Morgan fingerprint density at radius 1 is 1.19 bits per heavy atom. The Balaban J connectivity index is 1.34. The molecule has 138 valence electrons. The average molecular weight is 363 g/mol. The zero-order chi connectivity index (χ0) is 18.8. The molecule has 0 unspecified atom stereocenters. The number of aryl methyl sites for hydroxylation is 1. The van der Waals surface area contributed by atoms with E-state index in [2.05, 4.69) is 10.3 Å². The maximum absolute atomic E-state index is 12.4. The maximum atomic E-state index is 12.4. The molecule has 1 saturated carbocycles. The number of carbonyl (C=O) groups excluding carboxylic acids is 1. The number of benzene rings is 2. The first-order valence-electron chi connectivity index (χ1n) is 8.89. The van der Waals surface area contributed by atoms with Gasteiger partial charge in [0.05, 0.1) is 12.9 Å². The fourth-order valence-electron chi connectivity index (χ4n) is 3.18. The summed E-state index contributed by atoms with van der Waals surface area (Å²) >= 11 is 0. The van der Waals surface area contributed by atoms with Crippen LogP contribution in [-0.4, -0.2) is 20.6 Å². The number of nitrogens with zero attached hydrogens (tertiary/aromatic N) is 2. The number of amides is 1. The molecule has 0 bridgehead atoms. The summed E-state index contributed by atoms with van der Waals surface area (Å²) in [5.74, 6) is 1.67. The van der Waals surface area contributed by atoms with Gasteiger partial charge in [-0.05, 0) is 48.4 Å². The van der Waals surface area contributed by atoms with Crippen LogP contribution < -0.4 is 10.1 Å². The molecule has 6 nitrogen and oxygen atoms in total. The van der Waals surface area contributed by atoms with Crippen LogP contribution in [-0.2, 0) is 18.4 Å². The molecular weight excluding hydrogens is 342 g/mol. The molecule has 2 N–H and O–H groups in total. The highest BCUT2D eigenvalue weighted by Crippen LogP contribution is 2.47. The maximum Gasteiger partial charge on any atom is 0.228 e. The van der Waals surface area contributed by atoms with Crippen molar-refractivity contribution in [2.24, 2.45) is 13.0 Å². The largest absolute Gasteiger partial charge is 0.457 e. The van der Waals surface area contributed by atoms with Crippen LogP contribution in [0.2, 0.25) is 0 Å². The van der Waals surface area contributed by atoms with Crippen LogP contribution in [0.15, 0.2) is 61.1 Å². The number of aliphatic hydroxyl groups is 1. The lowest BCUT2D eigenvalue weighted by Gasteiger charge is -2.09. The second kappa shape index (κ2) is 7.25. The van der Waals surface area contributed by atoms with Gasteiger partial charge in [0.1, 0.15) is 11.5 Å². The molecule has 4 rings (SSSR count). The van der Waals surface area contributed by atoms with Crippen molar-refractivity contribution in [1.29, 1.82) is 0 Å². The number of aliphatic hydroxyl groups excluding tert-OH is 1. The third-order valence-electron chi connectivity index (χ3n) is 4.82. The number of aromatic nitrogens is 2. The molecule has 1 aromatic heterocycles. The zero-order valence-electron chi connectivity index (χ0n) is 15.0. The van der Waals surface area contributed by atoms with E-state index in [0.29, 0.717) is 11.5 Å². The highest BCUT2D eigenvalue weighted by Gasteiger charge is 2.45. The van der Waals surface area contributed by atoms with Crippen molar-refractivity contribution >= 4 is 11.6 Å². The standard InChI is InChI=1S/C21H21N3O3/c1-24-13-22-11-20(24)18-10-19(18)21(26)23-15-4-8-17(9-5-15)27-16-6-2-14(12-25)3-7-16/h2-9,11,13,18-19,25H,10,12H2,1H3,(H,23,26)/t18-,19-/m1/s1. The lowest BCUT2D eigenvalue weighted by Crippen LogP contribution is -2.14. The molecule has 1 amide bonds. The molecule has 2 aromatic carbocycles. The molecule has 6 heteroatoms. The number of rotatable bonds is 6. The van der Waals surface area contributed by atoms with Crippen molar-refractivity contribution in [1.82, 2.24) is 9.55 Å². The van der Waals surface area contributed by atoms with Crippen LogP contribution in [0.3, 0.4) is 0 Å². The molecule has 1 aliphatic rings. The summed E-state index contributed by atoms with van der Waals surface area (Å²) in [6.45, 7) is 0.0110. The van der Waals surface area contributed by atoms with Crippen molar-refractivity contribution in [3.63, 3.8) is 0 Å². The van der Waals surface area contributed by atoms with Crippen molar-refractivity contribution < 1.29 is 14.6 Å². The fraction of sp³-hybridized carbons (Fsp3) is 0.238. The SMILES string of the molecule is Cn1cncc1[C@@H]1C[C@H]1C(=O)Nc1ccc(Oc2ccc(CO)cc2)cc1. The van der Waals surface area contributed by atoms with E-state index in [-0.39, 0.29) is 24.3 Å². The molecule has 0 spiro atoms. The third-order valence-corrected chi connectivity index (χ3v) is 4.82. The Morgan fingerprint density at radius 2 is 1.85 bits per heavy atom. The number of hydrogen-bond acceptors (Lipinski definition) is 4. The van der Waals surface area contributed by atoms with Crippen LogP contribution in [0.1, 0.15) is 23.6 Å². The summed E-state index contributed by atoms with van der Waals surface area (Å²) in [6.07, 6.45) is 4.45. The molecule has 0 saturated heterocycles. The van der Waals surface area contributed by atoms with Gasteiger partial charge in [0.25, 0.3) is 0 Å². The monoisotopic (exact) mass is 363 g/mol. The number of anilines is 1. The number of nitrogens with one attached hydrogen (secondary N) is 1. The zero-order valence-corrected chi connectivity index (χ0v) is 15.0. The first kappa shape index (κ1) is 17.3. The van der Waals surface area contributed by atoms with Crippen LogP contribution in [0.5, 0.6) is 11.5 Å². The Kier molecular flexibility index (Phi) is 4.64. The molecule has 1 heterocycles. The molecular formula is C21H21N3O3. The van der Waals surface area contributed by atoms with Crippen LogP contribution in [0.4, 0.5) is 5.69 Å². The molecule has 1 aliphatic carbocycles. The first-order valence-corrected chi connectivity index (χ1v) is 8.89. The molecule has 0 aliphatic heterocycles. The van der Waals surface area contributed by atoms with E-state index in [1.54, 1.807) is 6.33 Å². The predicted molar refractivity (Wildman–Crippen MR) is 102 cm³/mol. The van der Waals surface area contributed by atoms with Gasteiger partial charge in [-0.15, -0.1) is 0 Å². The van der Waals surface area contributed by atoms with Gasteiger partial charge in [-0.2, -0.15) is 0 Å². The van der Waals surface area contributed by atoms with E-state index in [1.807, 2.05) is 66.3 Å². The van der Waals surface area contributed by atoms with Gasteiger partial charge < -0.3 is 19.7 Å². The van der Waals surface area contributed by atoms with Gasteiger partial charge in [0.2, 0.25) is 5.91 Å². The highest BCUT2D eigenvalue weighted by atomic mass is 16.5. The van der Waals surface area contributed by atoms with Gasteiger partial charge in [-0.3, -0.25) is 4.79 Å². The summed E-state index contributed by atoms with van der Waals surface area (Å²) in [5.41, 5.74) is 2.69. The molecule has 2 atom stereocenters. The number of imidazole rings is 1. The summed E-state index contributed by atoms with van der Waals surface area (Å²) in [5, 5.41) is 12.0. The van der Waals surface area contributed by atoms with Crippen LogP contribution in [0.25, 0.3) is 0 Å². The van der Waals surface area contributed by atoms with Crippen molar-refractivity contribution in [2.45, 2.75) is 18.9 Å². The number of hydrogen-bond donors (Lipinski definition) is 2. The van der Waals surface area contributed by atoms with Gasteiger partial charge in [-0.1, -0.05) is 12.1 Å². The van der Waals surface area contributed by atoms with E-state index in [0.717, 1.165) is 23.4 Å². The smallest absolute Gasteiger partial charge is 0.228 e. The van der Waals surface area contributed by atoms with Crippen molar-refractivity contribution in [2.75, 3.05) is 5.32 Å². The molecule has 1 fully saturated rings. The van der Waals surface area contributed by atoms with Crippen molar-refractivity contribution in [3.8, 4) is 11.5 Å². The Labute approximate surface area is 157 Å². The second-order valence-electron chi connectivity index (χ2n) is 6.80. The summed E-state index contributed by atoms with van der Waals surface area (Å²) in [7, 11) is 1.95. The van der Waals surface area contributed by atoms with Crippen molar-refractivity contribution in [3.05, 3.63) is 72.3 Å². The van der Waals surface area contributed by atoms with E-state index < -0.39 is 0 Å². The Bertz CT molecular complexity index is 932. The third kappa shape index (κ3) is 3.85. The number of ether oxygens (including phenoxy) is 1. The first-order chi connectivity index (χ1) is 13.1. The lowest BCUT2D eigenvalue weighted by atomic mass is 10.2. The molecule has 27 heavy (non-hydrogen) atoms. The summed E-state index contributed by atoms with van der Waals surface area (Å²) in [6, 6.07) is 14.6. The second-order valence-corrected chi connectivity index (χ2v) is 6.80. The quantitative estimate of drug-likeness (QED) is 0.703. The predicted octanol–water partition coefficient (Wildman–Crippen LogP) is 3.45. The average Bonchev–Trinajstić information content (AvgIpc) is 3.37. The Morgan fingerprint density at radius 3 is 2.44 bits per heavy atom. The summed E-state index contributed by atoms with van der Waals surface area (Å²) < 4.78 is 7.74. The van der Waals surface area contributed by atoms with Gasteiger partial charge >= 0.3 is 0 Å². The lowest BCUT2D eigenvalue weighted by molar-refractivity contribution is -0.117. The number of carbonyl (C=O) groups is 1. The minimum atomic E-state index is 0.00126. The Hall–Kier alpha value is -3.12. The molecule has 3 aromatic rings. The topological polar surface area (TPSA) is 76.4 Å². The van der Waals surface area contributed by atoms with Crippen LogP contribution in [0, 0.1) is 5.92 Å². The summed E-state index contributed by atoms with van der Waals surface area (Å²) in [4.78, 5) is 16.6. The van der Waals surface area contributed by atoms with Gasteiger partial charge in [0, 0.05) is 36.5 Å². The van der Waals surface area contributed by atoms with E-state index in [1.165, 1.54) is 0 Å². The van der Waals surface area contributed by atoms with E-state index in [9.17, 15) is 4.79 Å². The van der Waals surface area contributed by atoms with Gasteiger partial charge in [0.15, 0.2) is 0 Å². The fourth-order valence-corrected chi connectivity index (χ4v) is 3.18. The highest BCUT2D eigenvalue weighted by molar-refractivity contribution is 5.95. The minimum Gasteiger partial charge on any atom is -0.457 e. The molecule has 0 radical (unpaired) electrons.